The first-order chi connectivity index (χ1) is 21.0. The van der Waals surface area contributed by atoms with Crippen molar-refractivity contribution in [1.29, 1.82) is 0 Å². The Bertz CT molecular complexity index is 1940. The van der Waals surface area contributed by atoms with Crippen molar-refractivity contribution in [2.75, 3.05) is 32.2 Å². The van der Waals surface area contributed by atoms with Gasteiger partial charge in [-0.3, -0.25) is 9.36 Å². The highest BCUT2D eigenvalue weighted by Gasteiger charge is 2.33. The standard InChI is InChI=1S/C34H36N4O5S/c1-8-42-32(40)24-12-16-27(17-13-24)37-20(3)18-25(22(37)5)19-28-31(39)38-30(23-10-14-26(15-11-23)36(6)7)29(33(41)43-9-2)21(4)35-34(38)44-28/h10-19,30H,8-9H2,1-7H3/b28-19+/t30-/m0/s1. The van der Waals surface area contributed by atoms with Crippen LogP contribution in [0, 0.1) is 13.8 Å². The monoisotopic (exact) mass is 612 g/mol. The van der Waals surface area contributed by atoms with Gasteiger partial charge in [-0.15, -0.1) is 0 Å². The SMILES string of the molecule is CCOC(=O)C1=C(C)N=c2s/c(=C/c3cc(C)n(-c4ccc(C(=O)OCC)cc4)c3C)c(=O)n2[C@H]1c1ccc(N(C)C)cc1. The molecule has 3 heterocycles. The van der Waals surface area contributed by atoms with Gasteiger partial charge < -0.3 is 18.9 Å². The van der Waals surface area contributed by atoms with E-state index in [1.54, 1.807) is 37.5 Å². The number of aromatic nitrogens is 2. The van der Waals surface area contributed by atoms with E-state index in [2.05, 4.69) is 4.57 Å². The molecular weight excluding hydrogens is 576 g/mol. The van der Waals surface area contributed by atoms with Crippen LogP contribution in [-0.2, 0) is 14.3 Å². The van der Waals surface area contributed by atoms with Crippen molar-refractivity contribution in [3.8, 4) is 5.69 Å². The maximum absolute atomic E-state index is 14.1. The van der Waals surface area contributed by atoms with E-state index < -0.39 is 12.0 Å². The average Bonchev–Trinajstić information content (AvgIpc) is 3.45. The molecule has 9 nitrogen and oxygen atoms in total. The minimum atomic E-state index is -0.672. The predicted octanol–water partition coefficient (Wildman–Crippen LogP) is 4.45. The molecule has 1 atom stereocenters. The van der Waals surface area contributed by atoms with Gasteiger partial charge >= 0.3 is 11.9 Å². The molecule has 0 N–H and O–H groups in total. The predicted molar refractivity (Wildman–Crippen MR) is 172 cm³/mol. The molecule has 0 spiro atoms. The molecule has 0 bridgehead atoms. The topological polar surface area (TPSA) is 95.1 Å². The van der Waals surface area contributed by atoms with Crippen LogP contribution in [0.3, 0.4) is 0 Å². The van der Waals surface area contributed by atoms with E-state index in [4.69, 9.17) is 14.5 Å². The van der Waals surface area contributed by atoms with E-state index in [0.717, 1.165) is 33.9 Å². The Hall–Kier alpha value is -4.70. The van der Waals surface area contributed by atoms with Crippen LogP contribution in [0.1, 0.15) is 59.7 Å². The second kappa shape index (κ2) is 12.5. The van der Waals surface area contributed by atoms with Crippen LogP contribution in [0.25, 0.3) is 11.8 Å². The van der Waals surface area contributed by atoms with Crippen molar-refractivity contribution in [2.24, 2.45) is 4.99 Å². The molecule has 0 fully saturated rings. The van der Waals surface area contributed by atoms with Gasteiger partial charge in [0, 0.05) is 36.9 Å². The Labute approximate surface area is 260 Å². The van der Waals surface area contributed by atoms with Crippen LogP contribution in [0.4, 0.5) is 5.69 Å². The zero-order chi connectivity index (χ0) is 31.7. The van der Waals surface area contributed by atoms with E-state index >= 15 is 0 Å². The summed E-state index contributed by atoms with van der Waals surface area (Å²) < 4.78 is 14.7. The van der Waals surface area contributed by atoms with Crippen LogP contribution in [0.2, 0.25) is 0 Å². The van der Waals surface area contributed by atoms with Crippen LogP contribution < -0.4 is 19.8 Å². The van der Waals surface area contributed by atoms with Gasteiger partial charge in [0.15, 0.2) is 4.80 Å². The van der Waals surface area contributed by atoms with Gasteiger partial charge in [-0.2, -0.15) is 0 Å². The maximum Gasteiger partial charge on any atom is 0.338 e. The summed E-state index contributed by atoms with van der Waals surface area (Å²) in [6, 6.07) is 16.4. The number of hydrogen-bond donors (Lipinski definition) is 0. The molecule has 0 aliphatic carbocycles. The molecule has 10 heteroatoms. The van der Waals surface area contributed by atoms with Gasteiger partial charge in [-0.1, -0.05) is 23.5 Å². The van der Waals surface area contributed by atoms with Crippen molar-refractivity contribution in [2.45, 2.75) is 40.7 Å². The number of benzene rings is 2. The van der Waals surface area contributed by atoms with Crippen molar-refractivity contribution in [3.63, 3.8) is 0 Å². The number of carbonyl (C=O) groups is 2. The average molecular weight is 613 g/mol. The van der Waals surface area contributed by atoms with Crippen molar-refractivity contribution in [1.82, 2.24) is 9.13 Å². The zero-order valence-electron chi connectivity index (χ0n) is 26.0. The van der Waals surface area contributed by atoms with Gasteiger partial charge in [-0.25, -0.2) is 14.6 Å². The van der Waals surface area contributed by atoms with Crippen molar-refractivity contribution >= 4 is 35.0 Å². The summed E-state index contributed by atoms with van der Waals surface area (Å²) in [6.45, 7) is 9.84. The van der Waals surface area contributed by atoms with E-state index in [1.165, 1.54) is 11.3 Å². The molecule has 0 saturated heterocycles. The lowest BCUT2D eigenvalue weighted by molar-refractivity contribution is -0.139. The van der Waals surface area contributed by atoms with E-state index in [0.29, 0.717) is 32.8 Å². The molecule has 1 aliphatic heterocycles. The molecule has 228 valence electrons. The van der Waals surface area contributed by atoms with E-state index in [9.17, 15) is 14.4 Å². The summed E-state index contributed by atoms with van der Waals surface area (Å²) in [6.07, 6.45) is 1.88. The third kappa shape index (κ3) is 5.65. The number of carbonyl (C=O) groups excluding carboxylic acids is 2. The largest absolute Gasteiger partial charge is 0.463 e. The number of ether oxygens (including phenoxy) is 2. The molecule has 2 aromatic carbocycles. The van der Waals surface area contributed by atoms with Gasteiger partial charge in [0.2, 0.25) is 0 Å². The Balaban J connectivity index is 1.61. The fourth-order valence-electron chi connectivity index (χ4n) is 5.49. The molecule has 1 aliphatic rings. The second-order valence-electron chi connectivity index (χ2n) is 10.7. The number of anilines is 1. The normalized spacial score (nSPS) is 14.7. The van der Waals surface area contributed by atoms with Gasteiger partial charge in [0.25, 0.3) is 5.56 Å². The highest BCUT2D eigenvalue weighted by atomic mass is 32.1. The number of aryl methyl sites for hydroxylation is 1. The molecule has 44 heavy (non-hydrogen) atoms. The van der Waals surface area contributed by atoms with E-state index in [1.807, 2.05) is 81.4 Å². The summed E-state index contributed by atoms with van der Waals surface area (Å²) in [7, 11) is 3.92. The third-order valence-corrected chi connectivity index (χ3v) is 8.62. The quantitative estimate of drug-likeness (QED) is 0.273. The number of thiazole rings is 1. The Kier molecular flexibility index (Phi) is 8.73. The number of rotatable bonds is 8. The first-order valence-corrected chi connectivity index (χ1v) is 15.3. The summed E-state index contributed by atoms with van der Waals surface area (Å²) in [5.41, 5.74) is 6.64. The number of esters is 2. The smallest absolute Gasteiger partial charge is 0.338 e. The molecule has 4 aromatic rings. The fraction of sp³-hybridized carbons (Fsp3) is 0.294. The minimum absolute atomic E-state index is 0.216. The summed E-state index contributed by atoms with van der Waals surface area (Å²) in [5, 5.41) is 0. The van der Waals surface area contributed by atoms with Crippen LogP contribution >= 0.6 is 11.3 Å². The lowest BCUT2D eigenvalue weighted by atomic mass is 9.95. The number of nitrogens with zero attached hydrogens (tertiary/aromatic N) is 4. The summed E-state index contributed by atoms with van der Waals surface area (Å²) in [5.74, 6) is -0.841. The van der Waals surface area contributed by atoms with E-state index in [-0.39, 0.29) is 18.1 Å². The Morgan fingerprint density at radius 1 is 0.955 bits per heavy atom. The lowest BCUT2D eigenvalue weighted by Gasteiger charge is -2.25. The molecule has 5 rings (SSSR count). The lowest BCUT2D eigenvalue weighted by Crippen LogP contribution is -2.40. The summed E-state index contributed by atoms with van der Waals surface area (Å²) >= 11 is 1.30. The number of hydrogen-bond acceptors (Lipinski definition) is 8. The first kappa shape index (κ1) is 30.7. The molecule has 0 radical (unpaired) electrons. The molecule has 0 saturated carbocycles. The Morgan fingerprint density at radius 3 is 2.20 bits per heavy atom. The van der Waals surface area contributed by atoms with Gasteiger partial charge in [-0.05, 0) is 94.3 Å². The summed E-state index contributed by atoms with van der Waals surface area (Å²) in [4.78, 5) is 46.6. The molecule has 0 unspecified atom stereocenters. The number of allylic oxidation sites excluding steroid dienone is 1. The fourth-order valence-corrected chi connectivity index (χ4v) is 6.53. The highest BCUT2D eigenvalue weighted by molar-refractivity contribution is 7.07. The second-order valence-corrected chi connectivity index (χ2v) is 11.7. The highest BCUT2D eigenvalue weighted by Crippen LogP contribution is 2.31. The maximum atomic E-state index is 14.1. The molecular formula is C34H36N4O5S. The van der Waals surface area contributed by atoms with Gasteiger partial charge in [0.1, 0.15) is 0 Å². The van der Waals surface area contributed by atoms with Crippen LogP contribution in [0.5, 0.6) is 0 Å². The molecule has 0 amide bonds. The minimum Gasteiger partial charge on any atom is -0.463 e. The number of fused-ring (bicyclic) bond motifs is 1. The third-order valence-electron chi connectivity index (χ3n) is 7.64. The first-order valence-electron chi connectivity index (χ1n) is 14.5. The van der Waals surface area contributed by atoms with Crippen molar-refractivity contribution in [3.05, 3.63) is 114 Å². The Morgan fingerprint density at radius 2 is 1.59 bits per heavy atom. The van der Waals surface area contributed by atoms with Gasteiger partial charge in [0.05, 0.1) is 40.6 Å². The molecule has 2 aromatic heterocycles. The van der Waals surface area contributed by atoms with Crippen LogP contribution in [0.15, 0.2) is 75.7 Å². The van der Waals surface area contributed by atoms with Crippen molar-refractivity contribution < 1.29 is 19.1 Å². The van der Waals surface area contributed by atoms with Crippen LogP contribution in [-0.4, -0.2) is 48.4 Å². The zero-order valence-corrected chi connectivity index (χ0v) is 26.8.